The summed E-state index contributed by atoms with van der Waals surface area (Å²) in [5.41, 5.74) is 0.825. The molecule has 4 rings (SSSR count). The lowest BCUT2D eigenvalue weighted by molar-refractivity contribution is -0.132. The number of nitrogens with one attached hydrogen (secondary N) is 1. The number of carbonyl (C=O) groups excluding carboxylic acids is 1. The number of carbonyl (C=O) groups is 1. The summed E-state index contributed by atoms with van der Waals surface area (Å²) in [5.74, 6) is 1.03. The summed E-state index contributed by atoms with van der Waals surface area (Å²) in [6.45, 7) is 3.07. The first-order valence-corrected chi connectivity index (χ1v) is 9.30. The number of para-hydroxylation sites is 1. The molecule has 2 aromatic rings. The van der Waals surface area contributed by atoms with Crippen LogP contribution in [-0.2, 0) is 11.3 Å². The van der Waals surface area contributed by atoms with E-state index in [0.29, 0.717) is 18.0 Å². The molecule has 1 aromatic carbocycles. The molecule has 1 aromatic heterocycles. The summed E-state index contributed by atoms with van der Waals surface area (Å²) in [6, 6.07) is 9.57. The van der Waals surface area contributed by atoms with E-state index in [4.69, 9.17) is 0 Å². The third kappa shape index (κ3) is 3.76. The summed E-state index contributed by atoms with van der Waals surface area (Å²) >= 11 is 0. The Labute approximate surface area is 147 Å². The minimum absolute atomic E-state index is 0.00171. The Bertz CT molecular complexity index is 817. The molecule has 1 aliphatic carbocycles. The van der Waals surface area contributed by atoms with Crippen molar-refractivity contribution in [3.8, 4) is 0 Å². The van der Waals surface area contributed by atoms with Gasteiger partial charge in [-0.2, -0.15) is 0 Å². The van der Waals surface area contributed by atoms with Crippen molar-refractivity contribution < 1.29 is 4.79 Å². The highest BCUT2D eigenvalue weighted by atomic mass is 16.2. The van der Waals surface area contributed by atoms with Crippen LogP contribution in [0.3, 0.4) is 0 Å². The lowest BCUT2D eigenvalue weighted by Gasteiger charge is -2.33. The minimum atomic E-state index is 0.00171. The fraction of sp³-hybridized carbons (Fsp3) is 0.500. The van der Waals surface area contributed by atoms with Crippen molar-refractivity contribution >= 4 is 16.8 Å². The Morgan fingerprint density at radius 2 is 1.84 bits per heavy atom. The molecule has 0 bridgehead atoms. The highest BCUT2D eigenvalue weighted by molar-refractivity contribution is 5.82. The average molecular weight is 339 g/mol. The van der Waals surface area contributed by atoms with Gasteiger partial charge in [-0.25, -0.2) is 0 Å². The van der Waals surface area contributed by atoms with Gasteiger partial charge in [0.2, 0.25) is 5.91 Å². The number of fused-ring (bicyclic) bond motifs is 1. The standard InChI is InChI=1S/C20H25N3O2/c24-19-9-12-23(18-4-2-1-3-17(18)19)14-20(25)22-10-7-16(8-11-22)21-13-15-5-6-15/h1-4,9,12,15-16,21H,5-8,10-11,13-14H2. The van der Waals surface area contributed by atoms with Crippen molar-refractivity contribution in [2.24, 2.45) is 5.92 Å². The molecule has 5 heteroatoms. The summed E-state index contributed by atoms with van der Waals surface area (Å²) in [4.78, 5) is 26.6. The number of likely N-dealkylation sites (tertiary alicyclic amines) is 1. The van der Waals surface area contributed by atoms with Crippen LogP contribution in [0.2, 0.25) is 0 Å². The van der Waals surface area contributed by atoms with Gasteiger partial charge < -0.3 is 14.8 Å². The molecular weight excluding hydrogens is 314 g/mol. The smallest absolute Gasteiger partial charge is 0.242 e. The molecule has 1 aliphatic heterocycles. The van der Waals surface area contributed by atoms with Gasteiger partial charge in [-0.05, 0) is 50.3 Å². The van der Waals surface area contributed by atoms with Gasteiger partial charge in [0.05, 0.1) is 5.52 Å². The molecular formula is C20H25N3O2. The predicted octanol–water partition coefficient (Wildman–Crippen LogP) is 1.99. The van der Waals surface area contributed by atoms with E-state index in [1.165, 1.54) is 12.8 Å². The number of nitrogens with zero attached hydrogens (tertiary/aromatic N) is 2. The number of hydrogen-bond donors (Lipinski definition) is 1. The van der Waals surface area contributed by atoms with Crippen molar-refractivity contribution in [3.63, 3.8) is 0 Å². The number of piperidine rings is 1. The zero-order valence-corrected chi connectivity index (χ0v) is 14.5. The van der Waals surface area contributed by atoms with Crippen LogP contribution < -0.4 is 10.7 Å². The van der Waals surface area contributed by atoms with E-state index in [1.807, 2.05) is 33.7 Å². The van der Waals surface area contributed by atoms with E-state index in [9.17, 15) is 9.59 Å². The van der Waals surface area contributed by atoms with Crippen molar-refractivity contribution in [3.05, 3.63) is 46.8 Å². The molecule has 2 fully saturated rings. The van der Waals surface area contributed by atoms with Crippen LogP contribution in [0, 0.1) is 5.92 Å². The molecule has 5 nitrogen and oxygen atoms in total. The van der Waals surface area contributed by atoms with Crippen LogP contribution in [0.1, 0.15) is 25.7 Å². The third-order valence-electron chi connectivity index (χ3n) is 5.43. The van der Waals surface area contributed by atoms with E-state index in [1.54, 1.807) is 12.3 Å². The summed E-state index contributed by atoms with van der Waals surface area (Å²) < 4.78 is 1.89. The summed E-state index contributed by atoms with van der Waals surface area (Å²) in [6.07, 6.45) is 6.54. The monoisotopic (exact) mass is 339 g/mol. The highest BCUT2D eigenvalue weighted by Gasteiger charge is 2.26. The molecule has 1 amide bonds. The van der Waals surface area contributed by atoms with Gasteiger partial charge in [0.25, 0.3) is 0 Å². The molecule has 25 heavy (non-hydrogen) atoms. The SMILES string of the molecule is O=C(Cn1ccc(=O)c2ccccc21)N1CCC(NCC2CC2)CC1. The van der Waals surface area contributed by atoms with E-state index >= 15 is 0 Å². The average Bonchev–Trinajstić information content (AvgIpc) is 3.47. The molecule has 2 heterocycles. The molecule has 0 unspecified atom stereocenters. The van der Waals surface area contributed by atoms with Crippen LogP contribution in [-0.4, -0.2) is 41.1 Å². The highest BCUT2D eigenvalue weighted by Crippen LogP contribution is 2.28. The van der Waals surface area contributed by atoms with Gasteiger partial charge in [0, 0.05) is 36.8 Å². The van der Waals surface area contributed by atoms with Gasteiger partial charge in [-0.1, -0.05) is 12.1 Å². The van der Waals surface area contributed by atoms with Gasteiger partial charge in [0.15, 0.2) is 5.43 Å². The van der Waals surface area contributed by atoms with Gasteiger partial charge in [0.1, 0.15) is 6.54 Å². The zero-order chi connectivity index (χ0) is 17.2. The Morgan fingerprint density at radius 1 is 1.08 bits per heavy atom. The number of benzene rings is 1. The second-order valence-electron chi connectivity index (χ2n) is 7.33. The first-order chi connectivity index (χ1) is 12.2. The predicted molar refractivity (Wildman–Crippen MR) is 98.5 cm³/mol. The number of pyridine rings is 1. The zero-order valence-electron chi connectivity index (χ0n) is 14.5. The maximum Gasteiger partial charge on any atom is 0.242 e. The molecule has 0 radical (unpaired) electrons. The summed E-state index contributed by atoms with van der Waals surface area (Å²) in [5, 5.41) is 4.31. The van der Waals surface area contributed by atoms with Crippen LogP contribution in [0.15, 0.2) is 41.3 Å². The molecule has 1 saturated carbocycles. The Balaban J connectivity index is 1.38. The van der Waals surface area contributed by atoms with Gasteiger partial charge >= 0.3 is 0 Å². The lowest BCUT2D eigenvalue weighted by Crippen LogP contribution is -2.46. The first-order valence-electron chi connectivity index (χ1n) is 9.30. The quantitative estimate of drug-likeness (QED) is 0.906. The first kappa shape index (κ1) is 16.3. The minimum Gasteiger partial charge on any atom is -0.341 e. The van der Waals surface area contributed by atoms with Crippen LogP contribution in [0.5, 0.6) is 0 Å². The van der Waals surface area contributed by atoms with Crippen LogP contribution >= 0.6 is 0 Å². The Morgan fingerprint density at radius 3 is 2.60 bits per heavy atom. The van der Waals surface area contributed by atoms with Gasteiger partial charge in [-0.15, -0.1) is 0 Å². The van der Waals surface area contributed by atoms with Crippen molar-refractivity contribution in [1.29, 1.82) is 0 Å². The van der Waals surface area contributed by atoms with Crippen molar-refractivity contribution in [1.82, 2.24) is 14.8 Å². The topological polar surface area (TPSA) is 54.3 Å². The number of rotatable bonds is 5. The molecule has 1 N–H and O–H groups in total. The van der Waals surface area contributed by atoms with E-state index in [0.717, 1.165) is 43.9 Å². The maximum atomic E-state index is 12.7. The fourth-order valence-corrected chi connectivity index (χ4v) is 3.63. The second-order valence-corrected chi connectivity index (χ2v) is 7.33. The third-order valence-corrected chi connectivity index (χ3v) is 5.43. The Hall–Kier alpha value is -2.14. The molecule has 1 saturated heterocycles. The lowest BCUT2D eigenvalue weighted by atomic mass is 10.0. The van der Waals surface area contributed by atoms with Gasteiger partial charge in [-0.3, -0.25) is 9.59 Å². The van der Waals surface area contributed by atoms with E-state index in [-0.39, 0.29) is 11.3 Å². The molecule has 0 spiro atoms. The normalized spacial score (nSPS) is 18.6. The second kappa shape index (κ2) is 7.00. The summed E-state index contributed by atoms with van der Waals surface area (Å²) in [7, 11) is 0. The number of hydrogen-bond acceptors (Lipinski definition) is 3. The van der Waals surface area contributed by atoms with Crippen molar-refractivity contribution in [2.75, 3.05) is 19.6 Å². The van der Waals surface area contributed by atoms with Crippen LogP contribution in [0.4, 0.5) is 0 Å². The number of aromatic nitrogens is 1. The molecule has 132 valence electrons. The van der Waals surface area contributed by atoms with Crippen molar-refractivity contribution in [2.45, 2.75) is 38.3 Å². The molecule has 2 aliphatic rings. The van der Waals surface area contributed by atoms with E-state index in [2.05, 4.69) is 5.32 Å². The van der Waals surface area contributed by atoms with Crippen LogP contribution in [0.25, 0.3) is 10.9 Å². The Kier molecular flexibility index (Phi) is 4.57. The number of amides is 1. The molecule has 0 atom stereocenters. The maximum absolute atomic E-state index is 12.7. The van der Waals surface area contributed by atoms with E-state index < -0.39 is 0 Å². The largest absolute Gasteiger partial charge is 0.341 e. The fourth-order valence-electron chi connectivity index (χ4n) is 3.63.